The number of alkyl carbamates (subject to hydrolysis) is 1. The number of esters is 1. The molecule has 0 spiro atoms. The Bertz CT molecular complexity index is 1750. The molecule has 0 aromatic heterocycles. The average molecular weight is 1020 g/mol. The van der Waals surface area contributed by atoms with Crippen LogP contribution in [-0.2, 0) is 56.9 Å². The number of hydrogen-bond acceptors (Lipinski definition) is 22. The highest BCUT2D eigenvalue weighted by Gasteiger charge is 2.59. The minimum absolute atomic E-state index is 0.0305. The lowest BCUT2D eigenvalue weighted by Gasteiger charge is -2.49. The molecule has 0 aromatic carbocycles. The highest BCUT2D eigenvalue weighted by molar-refractivity contribution is 5.73. The number of carbonyl (C=O) groups excluding carboxylic acids is 3. The highest BCUT2D eigenvalue weighted by Crippen LogP contribution is 2.42. The number of fused-ring (bicyclic) bond motifs is 1. The first-order chi connectivity index (χ1) is 33.1. The van der Waals surface area contributed by atoms with Crippen LogP contribution in [0.15, 0.2) is 0 Å². The molecule has 412 valence electrons. The topological polar surface area (TPSA) is 293 Å². The first-order valence-corrected chi connectivity index (χ1v) is 25.0. The van der Waals surface area contributed by atoms with Gasteiger partial charge in [-0.3, -0.25) is 9.69 Å². The number of aliphatic hydroxyl groups is 6. The highest BCUT2D eigenvalue weighted by atomic mass is 16.8. The molecule has 5 heterocycles. The van der Waals surface area contributed by atoms with Gasteiger partial charge in [-0.1, -0.05) is 20.8 Å². The average Bonchev–Trinajstić information content (AvgIpc) is 3.61. The van der Waals surface area contributed by atoms with Crippen molar-refractivity contribution in [1.29, 1.82) is 0 Å². The molecule has 23 atom stereocenters. The lowest BCUT2D eigenvalue weighted by atomic mass is 9.77. The molecule has 5 fully saturated rings. The summed E-state index contributed by atoms with van der Waals surface area (Å²) in [5.41, 5.74) is -4.28. The summed E-state index contributed by atoms with van der Waals surface area (Å²) in [6.07, 6.45) is -17.9. The van der Waals surface area contributed by atoms with E-state index in [1.807, 2.05) is 58.6 Å². The SMILES string of the molecule is CC[C@H]1OC(=O)[C@H](C)[C@@H](O[C@H]2C[C@@](C)(OC)[C@@H](OC(=O)NCCO[C@@H]3O[C@H](CO)[C@H](O)[C@H](O)[C@H]3O)[C@H](C)O2)[C@H](C)[C@@H](O[C@@H]2O[C@H](C)C[C@H](N(C)C)[C@H]2O)[C@](C)(O)C[C@@H](C)CN(C)[C@H](C)[C@H]2OC(=O)O[C@@]21C. The third-order valence-electron chi connectivity index (χ3n) is 15.4. The molecule has 7 N–H and O–H groups in total. The molecule has 0 aliphatic carbocycles. The number of nitrogens with zero attached hydrogens (tertiary/aromatic N) is 2. The van der Waals surface area contributed by atoms with Crippen LogP contribution in [0.1, 0.15) is 94.9 Å². The van der Waals surface area contributed by atoms with E-state index >= 15 is 0 Å². The Morgan fingerprint density at radius 2 is 1.56 bits per heavy atom. The molecule has 0 unspecified atom stereocenters. The summed E-state index contributed by atoms with van der Waals surface area (Å²) in [4.78, 5) is 44.8. The minimum atomic E-state index is -1.65. The van der Waals surface area contributed by atoms with Crippen molar-refractivity contribution in [3.63, 3.8) is 0 Å². The number of carbonyl (C=O) groups is 3. The number of methoxy groups -OCH3 is 1. The number of hydrogen-bond donors (Lipinski definition) is 7. The Labute approximate surface area is 417 Å². The number of likely N-dealkylation sites (N-methyl/N-ethyl adjacent to an activating group) is 2. The first kappa shape index (κ1) is 59.3. The van der Waals surface area contributed by atoms with E-state index in [0.29, 0.717) is 13.0 Å². The molecule has 0 bridgehead atoms. The standard InChI is InChI=1S/C48H85N3O20/c1-15-31-48(10)39(70-45(59)71-48)27(6)51(13)21-23(2)19-46(8,60)38(68-43-33(53)29(50(11)12)18-24(3)63-43)25(4)37(26(5)41(57)66-31)67-32-20-47(9,61-14)40(28(7)64-32)69-44(58)49-16-17-62-42-36(56)35(55)34(54)30(22-52)65-42/h23-40,42-43,52-56,60H,15-22H2,1-14H3,(H,49,58)/t23-,24-,25+,26-,27-,28+,29+,30-,31-,32+,33-,34+,35+,36-,37+,38-,39-,40+,42-,43+,46-,47-,48-/m1/s1. The fourth-order valence-corrected chi connectivity index (χ4v) is 11.2. The molecule has 5 aliphatic heterocycles. The van der Waals surface area contributed by atoms with E-state index < -0.39 is 146 Å². The number of nitrogens with one attached hydrogen (secondary N) is 1. The summed E-state index contributed by atoms with van der Waals surface area (Å²) >= 11 is 0. The maximum Gasteiger partial charge on any atom is 0.509 e. The van der Waals surface area contributed by atoms with Crippen molar-refractivity contribution in [3.8, 4) is 0 Å². The third kappa shape index (κ3) is 13.5. The van der Waals surface area contributed by atoms with Gasteiger partial charge in [0.15, 0.2) is 36.7 Å². The van der Waals surface area contributed by atoms with Crippen LogP contribution in [0, 0.1) is 17.8 Å². The van der Waals surface area contributed by atoms with Crippen molar-refractivity contribution >= 4 is 18.2 Å². The van der Waals surface area contributed by atoms with E-state index in [-0.39, 0.29) is 50.5 Å². The van der Waals surface area contributed by atoms with Gasteiger partial charge in [-0.2, -0.15) is 0 Å². The summed E-state index contributed by atoms with van der Waals surface area (Å²) in [6.45, 7) is 17.2. The minimum Gasteiger partial charge on any atom is -0.458 e. The summed E-state index contributed by atoms with van der Waals surface area (Å²) in [7, 11) is 7.05. The zero-order valence-electron chi connectivity index (χ0n) is 44.0. The van der Waals surface area contributed by atoms with Crippen LogP contribution in [0.2, 0.25) is 0 Å². The molecule has 5 saturated heterocycles. The van der Waals surface area contributed by atoms with Gasteiger partial charge in [-0.05, 0) is 94.8 Å². The van der Waals surface area contributed by atoms with Gasteiger partial charge in [0.25, 0.3) is 0 Å². The van der Waals surface area contributed by atoms with Gasteiger partial charge in [-0.25, -0.2) is 9.59 Å². The molecule has 71 heavy (non-hydrogen) atoms. The van der Waals surface area contributed by atoms with Crippen molar-refractivity contribution in [3.05, 3.63) is 0 Å². The number of aliphatic hydroxyl groups excluding tert-OH is 5. The van der Waals surface area contributed by atoms with Gasteiger partial charge in [0.1, 0.15) is 42.2 Å². The maximum absolute atomic E-state index is 14.7. The van der Waals surface area contributed by atoms with Gasteiger partial charge >= 0.3 is 18.2 Å². The van der Waals surface area contributed by atoms with E-state index in [1.165, 1.54) is 7.11 Å². The second kappa shape index (κ2) is 24.4. The lowest BCUT2D eigenvalue weighted by molar-refractivity contribution is -0.317. The van der Waals surface area contributed by atoms with Crippen molar-refractivity contribution < 1.29 is 97.1 Å². The van der Waals surface area contributed by atoms with E-state index in [1.54, 1.807) is 41.5 Å². The molecule has 5 aliphatic rings. The second-order valence-electron chi connectivity index (χ2n) is 21.4. The van der Waals surface area contributed by atoms with Crippen molar-refractivity contribution in [2.45, 2.75) is 216 Å². The number of rotatable bonds is 13. The number of amides is 1. The van der Waals surface area contributed by atoms with Crippen molar-refractivity contribution in [1.82, 2.24) is 15.1 Å². The predicted octanol–water partition coefficient (Wildman–Crippen LogP) is 0.633. The molecule has 0 aromatic rings. The molecular weight excluding hydrogens is 939 g/mol. The monoisotopic (exact) mass is 1020 g/mol. The van der Waals surface area contributed by atoms with Gasteiger partial charge in [0.05, 0.1) is 49.1 Å². The van der Waals surface area contributed by atoms with Crippen molar-refractivity contribution in [2.75, 3.05) is 54.6 Å². The Balaban J connectivity index is 1.43. The van der Waals surface area contributed by atoms with E-state index in [2.05, 4.69) is 5.32 Å². The maximum atomic E-state index is 14.7. The third-order valence-corrected chi connectivity index (χ3v) is 15.4. The smallest absolute Gasteiger partial charge is 0.458 e. The molecule has 23 nitrogen and oxygen atoms in total. The molecule has 5 rings (SSSR count). The van der Waals surface area contributed by atoms with Crippen LogP contribution in [0.3, 0.4) is 0 Å². The van der Waals surface area contributed by atoms with E-state index in [4.69, 9.17) is 52.1 Å². The fourth-order valence-electron chi connectivity index (χ4n) is 11.2. The van der Waals surface area contributed by atoms with Gasteiger partial charge in [0.2, 0.25) is 0 Å². The van der Waals surface area contributed by atoms with Crippen molar-refractivity contribution in [2.24, 2.45) is 17.8 Å². The molecule has 1 amide bonds. The summed E-state index contributed by atoms with van der Waals surface area (Å²) in [6, 6.07) is -0.750. The fraction of sp³-hybridized carbons (Fsp3) is 0.938. The Kier molecular flexibility index (Phi) is 20.4. The first-order valence-electron chi connectivity index (χ1n) is 25.0. The van der Waals surface area contributed by atoms with Crippen LogP contribution in [0.5, 0.6) is 0 Å². The molecule has 0 saturated carbocycles. The second-order valence-corrected chi connectivity index (χ2v) is 21.4. The predicted molar refractivity (Wildman–Crippen MR) is 249 cm³/mol. The molecule has 0 radical (unpaired) electrons. The Hall–Kier alpha value is -2.59. The van der Waals surface area contributed by atoms with Crippen LogP contribution in [0.4, 0.5) is 9.59 Å². The van der Waals surface area contributed by atoms with Gasteiger partial charge < -0.3 is 93.0 Å². The zero-order chi connectivity index (χ0) is 53.1. The van der Waals surface area contributed by atoms with Gasteiger partial charge in [-0.15, -0.1) is 0 Å². The molecule has 23 heteroatoms. The number of cyclic esters (lactones) is 1. The number of ether oxygens (including phenoxy) is 11. The Morgan fingerprint density at radius 1 is 0.887 bits per heavy atom. The van der Waals surface area contributed by atoms with Crippen LogP contribution >= 0.6 is 0 Å². The summed E-state index contributed by atoms with van der Waals surface area (Å²) < 4.78 is 67.1. The van der Waals surface area contributed by atoms with Crippen LogP contribution in [0.25, 0.3) is 0 Å². The van der Waals surface area contributed by atoms with E-state index in [0.717, 1.165) is 0 Å². The largest absolute Gasteiger partial charge is 0.509 e. The summed E-state index contributed by atoms with van der Waals surface area (Å²) in [5, 5.41) is 67.0. The van der Waals surface area contributed by atoms with Crippen LogP contribution in [-0.4, -0.2) is 234 Å². The zero-order valence-corrected chi connectivity index (χ0v) is 44.0. The van der Waals surface area contributed by atoms with Gasteiger partial charge in [0, 0.05) is 44.6 Å². The Morgan fingerprint density at radius 3 is 2.18 bits per heavy atom. The quantitative estimate of drug-likeness (QED) is 0.0757. The molecular formula is C48H85N3O20. The lowest BCUT2D eigenvalue weighted by Crippen LogP contribution is -2.61. The normalized spacial score (nSPS) is 46.5. The van der Waals surface area contributed by atoms with E-state index in [9.17, 15) is 45.0 Å². The summed E-state index contributed by atoms with van der Waals surface area (Å²) in [5.74, 6) is -2.86. The van der Waals surface area contributed by atoms with Crippen LogP contribution < -0.4 is 5.32 Å².